The van der Waals surface area contributed by atoms with Crippen molar-refractivity contribution in [2.75, 3.05) is 0 Å². The van der Waals surface area contributed by atoms with E-state index in [1.165, 1.54) is 12.3 Å². The average molecular weight is 236 g/mol. The molecule has 0 N–H and O–H groups in total. The molecule has 0 saturated heterocycles. The molecule has 0 amide bonds. The molecule has 0 bridgehead atoms. The molecule has 0 aliphatic rings. The SMILES string of the molecule is O=S(=O)(F)c1cnn2ccc(Cl)nc12. The van der Waals surface area contributed by atoms with E-state index in [9.17, 15) is 12.3 Å². The summed E-state index contributed by atoms with van der Waals surface area (Å²) in [6, 6.07) is 1.41. The van der Waals surface area contributed by atoms with Gasteiger partial charge in [-0.15, -0.1) is 3.89 Å². The van der Waals surface area contributed by atoms with Gasteiger partial charge < -0.3 is 0 Å². The first-order valence-electron chi connectivity index (χ1n) is 3.43. The van der Waals surface area contributed by atoms with Gasteiger partial charge in [0.05, 0.1) is 6.20 Å². The third-order valence-corrected chi connectivity index (χ3v) is 2.59. The van der Waals surface area contributed by atoms with Crippen LogP contribution in [0.25, 0.3) is 5.65 Å². The number of rotatable bonds is 1. The van der Waals surface area contributed by atoms with Crippen molar-refractivity contribution >= 4 is 27.5 Å². The van der Waals surface area contributed by atoms with Gasteiger partial charge in [-0.2, -0.15) is 13.5 Å². The van der Waals surface area contributed by atoms with E-state index in [4.69, 9.17) is 11.6 Å². The predicted molar refractivity (Wildman–Crippen MR) is 46.3 cm³/mol. The third-order valence-electron chi connectivity index (χ3n) is 1.57. The summed E-state index contributed by atoms with van der Waals surface area (Å²) < 4.78 is 35.0. The van der Waals surface area contributed by atoms with E-state index in [-0.39, 0.29) is 10.8 Å². The quantitative estimate of drug-likeness (QED) is 0.547. The molecule has 8 heteroatoms. The standard InChI is InChI=1S/C6H3ClFN3O2S/c7-5-1-2-11-6(10-5)4(3-9-11)14(8,12)13/h1-3H. The minimum absolute atomic E-state index is 0.0721. The van der Waals surface area contributed by atoms with Crippen molar-refractivity contribution < 1.29 is 12.3 Å². The van der Waals surface area contributed by atoms with Gasteiger partial charge >= 0.3 is 10.2 Å². The van der Waals surface area contributed by atoms with Crippen LogP contribution in [0.1, 0.15) is 0 Å². The molecule has 74 valence electrons. The Morgan fingerprint density at radius 3 is 2.86 bits per heavy atom. The number of halogens is 2. The Morgan fingerprint density at radius 2 is 2.21 bits per heavy atom. The van der Waals surface area contributed by atoms with Crippen LogP contribution in [0.15, 0.2) is 23.4 Å². The number of fused-ring (bicyclic) bond motifs is 1. The second kappa shape index (κ2) is 2.89. The zero-order valence-electron chi connectivity index (χ0n) is 6.55. The van der Waals surface area contributed by atoms with Crippen molar-refractivity contribution in [2.45, 2.75) is 4.90 Å². The highest BCUT2D eigenvalue weighted by atomic mass is 35.5. The maximum Gasteiger partial charge on any atom is 0.337 e. The van der Waals surface area contributed by atoms with Crippen LogP contribution in [0.5, 0.6) is 0 Å². The highest BCUT2D eigenvalue weighted by Crippen LogP contribution is 2.18. The summed E-state index contributed by atoms with van der Waals surface area (Å²) in [5.41, 5.74) is -0.125. The molecule has 0 saturated carbocycles. The van der Waals surface area contributed by atoms with E-state index in [0.29, 0.717) is 0 Å². The lowest BCUT2D eigenvalue weighted by Gasteiger charge is -1.93. The van der Waals surface area contributed by atoms with Gasteiger partial charge in [-0.25, -0.2) is 9.50 Å². The summed E-state index contributed by atoms with van der Waals surface area (Å²) in [5, 5.41) is 3.67. The summed E-state index contributed by atoms with van der Waals surface area (Å²) in [5.74, 6) is 0. The van der Waals surface area contributed by atoms with E-state index in [1.54, 1.807) is 0 Å². The molecule has 2 rings (SSSR count). The first kappa shape index (κ1) is 9.35. The number of nitrogens with zero attached hydrogens (tertiary/aromatic N) is 3. The minimum atomic E-state index is -4.81. The number of hydrogen-bond donors (Lipinski definition) is 0. The van der Waals surface area contributed by atoms with Crippen molar-refractivity contribution in [1.82, 2.24) is 14.6 Å². The normalized spacial score (nSPS) is 12.1. The van der Waals surface area contributed by atoms with Crippen LogP contribution >= 0.6 is 11.6 Å². The molecule has 2 aromatic heterocycles. The Balaban J connectivity index is 2.87. The summed E-state index contributed by atoms with van der Waals surface area (Å²) in [6.45, 7) is 0. The molecular formula is C6H3ClFN3O2S. The average Bonchev–Trinajstić information content (AvgIpc) is 2.45. The Morgan fingerprint density at radius 1 is 1.50 bits per heavy atom. The van der Waals surface area contributed by atoms with Gasteiger partial charge in [0.1, 0.15) is 5.15 Å². The van der Waals surface area contributed by atoms with Crippen molar-refractivity contribution in [2.24, 2.45) is 0 Å². The third kappa shape index (κ3) is 1.44. The summed E-state index contributed by atoms with van der Waals surface area (Å²) in [7, 11) is -4.81. The maximum absolute atomic E-state index is 12.7. The van der Waals surface area contributed by atoms with E-state index in [0.717, 1.165) is 10.7 Å². The summed E-state index contributed by atoms with van der Waals surface area (Å²) in [6.07, 6.45) is 2.27. The Hall–Kier alpha value is -1.21. The molecule has 5 nitrogen and oxygen atoms in total. The molecule has 0 spiro atoms. The lowest BCUT2D eigenvalue weighted by molar-refractivity contribution is 0.553. The summed E-state index contributed by atoms with van der Waals surface area (Å²) >= 11 is 5.53. The molecule has 14 heavy (non-hydrogen) atoms. The lowest BCUT2D eigenvalue weighted by Crippen LogP contribution is -1.94. The molecular weight excluding hydrogens is 233 g/mol. The van der Waals surface area contributed by atoms with Crippen LogP contribution in [-0.2, 0) is 10.2 Å². The molecule has 0 aromatic carbocycles. The fourth-order valence-electron chi connectivity index (χ4n) is 0.998. The van der Waals surface area contributed by atoms with Crippen LogP contribution in [0.4, 0.5) is 3.89 Å². The van der Waals surface area contributed by atoms with E-state index in [2.05, 4.69) is 10.1 Å². The van der Waals surface area contributed by atoms with Gasteiger partial charge in [0.2, 0.25) is 0 Å². The second-order valence-corrected chi connectivity index (χ2v) is 4.17. The first-order valence-corrected chi connectivity index (χ1v) is 5.19. The Bertz CT molecular complexity index is 594. The molecule has 0 aliphatic heterocycles. The molecule has 0 unspecified atom stereocenters. The van der Waals surface area contributed by atoms with Gasteiger partial charge in [-0.3, -0.25) is 0 Å². The van der Waals surface area contributed by atoms with Gasteiger partial charge in [0.25, 0.3) is 0 Å². The van der Waals surface area contributed by atoms with Gasteiger partial charge in [-0.05, 0) is 6.07 Å². The van der Waals surface area contributed by atoms with E-state index < -0.39 is 15.1 Å². The fourth-order valence-corrected chi connectivity index (χ4v) is 1.66. The van der Waals surface area contributed by atoms with Crippen molar-refractivity contribution in [3.05, 3.63) is 23.6 Å². The van der Waals surface area contributed by atoms with Crippen molar-refractivity contribution in [3.63, 3.8) is 0 Å². The minimum Gasteiger partial charge on any atom is -0.221 e. The van der Waals surface area contributed by atoms with Crippen LogP contribution in [0, 0.1) is 0 Å². The number of hydrogen-bond acceptors (Lipinski definition) is 4. The molecule has 0 aliphatic carbocycles. The Labute approximate surface area is 83.3 Å². The molecule has 0 atom stereocenters. The molecule has 2 heterocycles. The highest BCUT2D eigenvalue weighted by Gasteiger charge is 2.19. The van der Waals surface area contributed by atoms with E-state index in [1.807, 2.05) is 0 Å². The smallest absolute Gasteiger partial charge is 0.221 e. The number of aromatic nitrogens is 3. The van der Waals surface area contributed by atoms with Crippen molar-refractivity contribution in [1.29, 1.82) is 0 Å². The van der Waals surface area contributed by atoms with Crippen LogP contribution < -0.4 is 0 Å². The monoisotopic (exact) mass is 235 g/mol. The summed E-state index contributed by atoms with van der Waals surface area (Å²) in [4.78, 5) is 3.07. The topological polar surface area (TPSA) is 64.3 Å². The van der Waals surface area contributed by atoms with Gasteiger partial charge in [-0.1, -0.05) is 11.6 Å². The van der Waals surface area contributed by atoms with Crippen LogP contribution in [0.3, 0.4) is 0 Å². The fraction of sp³-hybridized carbons (Fsp3) is 0. The Kier molecular flexibility index (Phi) is 1.93. The predicted octanol–water partition coefficient (Wildman–Crippen LogP) is 1.04. The molecule has 2 aromatic rings. The first-order chi connectivity index (χ1) is 6.48. The van der Waals surface area contributed by atoms with Gasteiger partial charge in [0, 0.05) is 6.20 Å². The second-order valence-electron chi connectivity index (χ2n) is 2.47. The zero-order valence-corrected chi connectivity index (χ0v) is 8.13. The van der Waals surface area contributed by atoms with Gasteiger partial charge in [0.15, 0.2) is 10.5 Å². The molecule has 0 radical (unpaired) electrons. The van der Waals surface area contributed by atoms with Crippen LogP contribution in [-0.4, -0.2) is 23.0 Å². The van der Waals surface area contributed by atoms with E-state index >= 15 is 0 Å². The maximum atomic E-state index is 12.7. The highest BCUT2D eigenvalue weighted by molar-refractivity contribution is 7.86. The molecule has 0 fully saturated rings. The lowest BCUT2D eigenvalue weighted by atomic mass is 10.6. The largest absolute Gasteiger partial charge is 0.337 e. The zero-order chi connectivity index (χ0) is 10.3. The van der Waals surface area contributed by atoms with Crippen LogP contribution in [0.2, 0.25) is 5.15 Å². The van der Waals surface area contributed by atoms with Crippen molar-refractivity contribution in [3.8, 4) is 0 Å².